The van der Waals surface area contributed by atoms with Crippen LogP contribution < -0.4 is 10.2 Å². The molecule has 0 aromatic carbocycles. The summed E-state index contributed by atoms with van der Waals surface area (Å²) in [5, 5.41) is 3.41. The van der Waals surface area contributed by atoms with Crippen molar-refractivity contribution < 1.29 is 0 Å². The Bertz CT molecular complexity index is 593. The molecule has 2 aromatic rings. The molecule has 5 nitrogen and oxygen atoms in total. The van der Waals surface area contributed by atoms with Crippen LogP contribution in [0.25, 0.3) is 0 Å². The molecule has 3 heterocycles. The summed E-state index contributed by atoms with van der Waals surface area (Å²) in [6.45, 7) is 5.10. The Balaban J connectivity index is 1.65. The molecular weight excluding hydrogens is 274 g/mol. The molecule has 0 radical (unpaired) electrons. The summed E-state index contributed by atoms with van der Waals surface area (Å²) in [5.41, 5.74) is 2.19. The highest BCUT2D eigenvalue weighted by Gasteiger charge is 2.16. The summed E-state index contributed by atoms with van der Waals surface area (Å²) in [6, 6.07) is 8.07. The first-order valence-corrected chi connectivity index (χ1v) is 8.12. The average molecular weight is 297 g/mol. The molecule has 22 heavy (non-hydrogen) atoms. The third-order valence-electron chi connectivity index (χ3n) is 3.93. The van der Waals surface area contributed by atoms with E-state index in [2.05, 4.69) is 44.2 Å². The highest BCUT2D eigenvalue weighted by molar-refractivity contribution is 5.44. The molecule has 0 atom stereocenters. The SMILES string of the molecule is CCc1cc(NCCc2ccccn2)nc(N2CCCC2)n1. The maximum absolute atomic E-state index is 4.68. The van der Waals surface area contributed by atoms with Gasteiger partial charge in [0.2, 0.25) is 5.95 Å². The van der Waals surface area contributed by atoms with E-state index in [-0.39, 0.29) is 0 Å². The summed E-state index contributed by atoms with van der Waals surface area (Å²) < 4.78 is 0. The van der Waals surface area contributed by atoms with E-state index in [4.69, 9.17) is 0 Å². The Kier molecular flexibility index (Phi) is 4.83. The van der Waals surface area contributed by atoms with Crippen LogP contribution >= 0.6 is 0 Å². The van der Waals surface area contributed by atoms with E-state index in [0.717, 1.165) is 55.6 Å². The van der Waals surface area contributed by atoms with E-state index in [1.54, 1.807) is 0 Å². The number of aromatic nitrogens is 3. The lowest BCUT2D eigenvalue weighted by Gasteiger charge is -2.17. The average Bonchev–Trinajstić information content (AvgIpc) is 3.10. The van der Waals surface area contributed by atoms with Crippen molar-refractivity contribution in [3.05, 3.63) is 41.9 Å². The molecule has 0 bridgehead atoms. The van der Waals surface area contributed by atoms with Crippen LogP contribution in [0.2, 0.25) is 0 Å². The second-order valence-electron chi connectivity index (χ2n) is 5.59. The Morgan fingerprint density at radius 3 is 2.73 bits per heavy atom. The third kappa shape index (κ3) is 3.72. The first-order valence-electron chi connectivity index (χ1n) is 8.12. The van der Waals surface area contributed by atoms with Crippen LogP contribution in [0, 0.1) is 0 Å². The number of hydrogen-bond donors (Lipinski definition) is 1. The van der Waals surface area contributed by atoms with Crippen molar-refractivity contribution in [2.24, 2.45) is 0 Å². The molecule has 1 saturated heterocycles. The van der Waals surface area contributed by atoms with Crippen molar-refractivity contribution in [2.45, 2.75) is 32.6 Å². The first-order chi connectivity index (χ1) is 10.8. The minimum atomic E-state index is 0.830. The third-order valence-corrected chi connectivity index (χ3v) is 3.93. The van der Waals surface area contributed by atoms with E-state index in [1.807, 2.05) is 18.3 Å². The molecule has 0 amide bonds. The molecule has 3 rings (SSSR count). The van der Waals surface area contributed by atoms with Gasteiger partial charge in [0.1, 0.15) is 5.82 Å². The smallest absolute Gasteiger partial charge is 0.227 e. The summed E-state index contributed by atoms with van der Waals surface area (Å²) in [7, 11) is 0. The van der Waals surface area contributed by atoms with Gasteiger partial charge < -0.3 is 10.2 Å². The van der Waals surface area contributed by atoms with Crippen LogP contribution in [-0.4, -0.2) is 34.6 Å². The maximum Gasteiger partial charge on any atom is 0.227 e. The van der Waals surface area contributed by atoms with Crippen LogP contribution in [0.4, 0.5) is 11.8 Å². The molecule has 2 aromatic heterocycles. The van der Waals surface area contributed by atoms with E-state index >= 15 is 0 Å². The Labute approximate surface area is 131 Å². The molecule has 116 valence electrons. The van der Waals surface area contributed by atoms with Gasteiger partial charge in [-0.15, -0.1) is 0 Å². The molecular formula is C17H23N5. The second kappa shape index (κ2) is 7.20. The number of rotatable bonds is 6. The van der Waals surface area contributed by atoms with Crippen molar-refractivity contribution >= 4 is 11.8 Å². The molecule has 0 aliphatic carbocycles. The molecule has 0 unspecified atom stereocenters. The zero-order valence-electron chi connectivity index (χ0n) is 13.1. The van der Waals surface area contributed by atoms with Crippen molar-refractivity contribution in [2.75, 3.05) is 29.9 Å². The lowest BCUT2D eigenvalue weighted by atomic mass is 10.2. The number of hydrogen-bond acceptors (Lipinski definition) is 5. The molecule has 1 N–H and O–H groups in total. The van der Waals surface area contributed by atoms with Gasteiger partial charge in [0.15, 0.2) is 0 Å². The highest BCUT2D eigenvalue weighted by atomic mass is 15.3. The van der Waals surface area contributed by atoms with Gasteiger partial charge in [0, 0.05) is 49.7 Å². The fourth-order valence-electron chi connectivity index (χ4n) is 2.68. The van der Waals surface area contributed by atoms with E-state index < -0.39 is 0 Å². The molecule has 0 saturated carbocycles. The van der Waals surface area contributed by atoms with Crippen molar-refractivity contribution in [1.82, 2.24) is 15.0 Å². The first kappa shape index (κ1) is 14.8. The second-order valence-corrected chi connectivity index (χ2v) is 5.59. The standard InChI is InChI=1S/C17H23N5/c1-2-14-13-16(19-10-8-15-7-3-4-9-18-15)21-17(20-14)22-11-5-6-12-22/h3-4,7,9,13H,2,5-6,8,10-12H2,1H3,(H,19,20,21). The molecule has 1 fully saturated rings. The van der Waals surface area contributed by atoms with Gasteiger partial charge in [-0.25, -0.2) is 4.98 Å². The summed E-state index contributed by atoms with van der Waals surface area (Å²) in [5.74, 6) is 1.79. The number of nitrogens with zero attached hydrogens (tertiary/aromatic N) is 4. The quantitative estimate of drug-likeness (QED) is 0.888. The topological polar surface area (TPSA) is 53.9 Å². The highest BCUT2D eigenvalue weighted by Crippen LogP contribution is 2.19. The largest absolute Gasteiger partial charge is 0.370 e. The van der Waals surface area contributed by atoms with Gasteiger partial charge in [0.25, 0.3) is 0 Å². The summed E-state index contributed by atoms with van der Waals surface area (Å²) in [6.07, 6.45) is 6.13. The maximum atomic E-state index is 4.68. The van der Waals surface area contributed by atoms with Gasteiger partial charge in [0.05, 0.1) is 0 Å². The number of aryl methyl sites for hydroxylation is 1. The number of nitrogens with one attached hydrogen (secondary N) is 1. The fraction of sp³-hybridized carbons (Fsp3) is 0.471. The Morgan fingerprint density at radius 1 is 1.14 bits per heavy atom. The van der Waals surface area contributed by atoms with Gasteiger partial charge in [-0.1, -0.05) is 13.0 Å². The van der Waals surface area contributed by atoms with Crippen molar-refractivity contribution in [1.29, 1.82) is 0 Å². The minimum absolute atomic E-state index is 0.830. The van der Waals surface area contributed by atoms with Gasteiger partial charge in [-0.3, -0.25) is 4.98 Å². The Hall–Kier alpha value is -2.17. The van der Waals surface area contributed by atoms with E-state index in [1.165, 1.54) is 12.8 Å². The molecule has 0 spiro atoms. The van der Waals surface area contributed by atoms with E-state index in [9.17, 15) is 0 Å². The van der Waals surface area contributed by atoms with Gasteiger partial charge in [-0.05, 0) is 31.4 Å². The van der Waals surface area contributed by atoms with Crippen LogP contribution in [0.5, 0.6) is 0 Å². The lowest BCUT2D eigenvalue weighted by molar-refractivity contribution is 0.869. The summed E-state index contributed by atoms with van der Waals surface area (Å²) in [4.78, 5) is 16.0. The minimum Gasteiger partial charge on any atom is -0.370 e. The van der Waals surface area contributed by atoms with Crippen LogP contribution in [-0.2, 0) is 12.8 Å². The number of anilines is 2. The Morgan fingerprint density at radius 2 is 2.00 bits per heavy atom. The molecule has 1 aliphatic rings. The zero-order chi connectivity index (χ0) is 15.2. The fourth-order valence-corrected chi connectivity index (χ4v) is 2.68. The summed E-state index contributed by atoms with van der Waals surface area (Å²) >= 11 is 0. The van der Waals surface area contributed by atoms with Crippen molar-refractivity contribution in [3.8, 4) is 0 Å². The predicted octanol–water partition coefficient (Wildman–Crippen LogP) is 2.69. The monoisotopic (exact) mass is 297 g/mol. The van der Waals surface area contributed by atoms with Crippen LogP contribution in [0.3, 0.4) is 0 Å². The predicted molar refractivity (Wildman–Crippen MR) is 89.3 cm³/mol. The van der Waals surface area contributed by atoms with E-state index in [0.29, 0.717) is 0 Å². The molecule has 5 heteroatoms. The zero-order valence-corrected chi connectivity index (χ0v) is 13.1. The molecule has 1 aliphatic heterocycles. The van der Waals surface area contributed by atoms with Gasteiger partial charge >= 0.3 is 0 Å². The lowest BCUT2D eigenvalue weighted by Crippen LogP contribution is -2.21. The van der Waals surface area contributed by atoms with Crippen LogP contribution in [0.1, 0.15) is 31.2 Å². The van der Waals surface area contributed by atoms with Gasteiger partial charge in [-0.2, -0.15) is 4.98 Å². The van der Waals surface area contributed by atoms with Crippen LogP contribution in [0.15, 0.2) is 30.5 Å². The normalized spacial score (nSPS) is 14.3. The van der Waals surface area contributed by atoms with Crippen molar-refractivity contribution in [3.63, 3.8) is 0 Å². The number of pyridine rings is 1.